The van der Waals surface area contributed by atoms with Crippen molar-refractivity contribution >= 4 is 17.7 Å². The molecule has 1 fully saturated rings. The van der Waals surface area contributed by atoms with Crippen LogP contribution in [0.15, 0.2) is 24.3 Å². The van der Waals surface area contributed by atoms with Gasteiger partial charge in [-0.05, 0) is 51.8 Å². The van der Waals surface area contributed by atoms with Crippen molar-refractivity contribution in [3.05, 3.63) is 29.8 Å². The highest BCUT2D eigenvalue weighted by molar-refractivity contribution is 5.95. The molecule has 138 valence electrons. The fraction of sp³-hybridized carbons (Fsp3) is 0.579. The summed E-state index contributed by atoms with van der Waals surface area (Å²) in [5, 5.41) is 3.07. The maximum atomic E-state index is 12.5. The first-order valence-electron chi connectivity index (χ1n) is 8.72. The monoisotopic (exact) mass is 347 g/mol. The smallest absolute Gasteiger partial charge is 0.410 e. The maximum Gasteiger partial charge on any atom is 0.410 e. The molecule has 2 rings (SSSR count). The van der Waals surface area contributed by atoms with Gasteiger partial charge in [0.15, 0.2) is 0 Å². The number of hydrogen-bond donors (Lipinski definition) is 1. The van der Waals surface area contributed by atoms with Gasteiger partial charge >= 0.3 is 6.09 Å². The number of carbonyl (C=O) groups is 2. The van der Waals surface area contributed by atoms with E-state index in [0.717, 1.165) is 18.5 Å². The lowest BCUT2D eigenvalue weighted by Gasteiger charge is -2.33. The highest BCUT2D eigenvalue weighted by Gasteiger charge is 2.27. The molecule has 0 aromatic heterocycles. The zero-order chi connectivity index (χ0) is 18.6. The summed E-state index contributed by atoms with van der Waals surface area (Å²) in [5.74, 6) is -0.0700. The molecular formula is C19H29N3O3. The molecular weight excluding hydrogens is 318 g/mol. The summed E-state index contributed by atoms with van der Waals surface area (Å²) in [4.78, 5) is 28.2. The van der Waals surface area contributed by atoms with Gasteiger partial charge in [-0.3, -0.25) is 4.79 Å². The summed E-state index contributed by atoms with van der Waals surface area (Å²) in [7, 11) is 3.90. The Morgan fingerprint density at radius 1 is 1.20 bits per heavy atom. The summed E-state index contributed by atoms with van der Waals surface area (Å²) < 4.78 is 5.39. The number of rotatable bonds is 3. The third kappa shape index (κ3) is 5.66. The van der Waals surface area contributed by atoms with Gasteiger partial charge < -0.3 is 19.9 Å². The van der Waals surface area contributed by atoms with Crippen LogP contribution in [0, 0.1) is 0 Å². The fourth-order valence-electron chi connectivity index (χ4n) is 2.73. The molecule has 1 saturated heterocycles. The van der Waals surface area contributed by atoms with Gasteiger partial charge in [0.05, 0.1) is 0 Å². The van der Waals surface area contributed by atoms with Crippen LogP contribution in [-0.2, 0) is 4.74 Å². The standard InChI is InChI=1S/C19H29N3O3/c1-19(2,3)25-18(24)22-11-9-15(10-12-22)20-17(23)14-7-6-8-16(13-14)21(4)5/h6-8,13,15H,9-12H2,1-5H3,(H,20,23). The van der Waals surface area contributed by atoms with Crippen LogP contribution in [0.2, 0.25) is 0 Å². The summed E-state index contributed by atoms with van der Waals surface area (Å²) in [6.45, 7) is 6.77. The second kappa shape index (κ2) is 7.76. The molecule has 1 aliphatic heterocycles. The quantitative estimate of drug-likeness (QED) is 0.913. The second-order valence-electron chi connectivity index (χ2n) is 7.66. The highest BCUT2D eigenvalue weighted by atomic mass is 16.6. The van der Waals surface area contributed by atoms with Gasteiger partial charge in [-0.15, -0.1) is 0 Å². The van der Waals surface area contributed by atoms with Gasteiger partial charge in [0.1, 0.15) is 5.60 Å². The molecule has 1 aromatic rings. The van der Waals surface area contributed by atoms with E-state index in [-0.39, 0.29) is 18.0 Å². The molecule has 6 nitrogen and oxygen atoms in total. The molecule has 1 N–H and O–H groups in total. The molecule has 0 atom stereocenters. The Kier molecular flexibility index (Phi) is 5.93. The third-order valence-electron chi connectivity index (χ3n) is 4.11. The van der Waals surface area contributed by atoms with E-state index < -0.39 is 5.60 Å². The number of nitrogens with zero attached hydrogens (tertiary/aromatic N) is 2. The molecule has 0 unspecified atom stereocenters. The van der Waals surface area contributed by atoms with E-state index in [1.165, 1.54) is 0 Å². The summed E-state index contributed by atoms with van der Waals surface area (Å²) in [6, 6.07) is 7.63. The summed E-state index contributed by atoms with van der Waals surface area (Å²) >= 11 is 0. The van der Waals surface area contributed by atoms with Crippen LogP contribution >= 0.6 is 0 Å². The van der Waals surface area contributed by atoms with Crippen molar-refractivity contribution in [3.8, 4) is 0 Å². The van der Waals surface area contributed by atoms with Crippen molar-refractivity contribution in [3.63, 3.8) is 0 Å². The zero-order valence-corrected chi connectivity index (χ0v) is 15.8. The van der Waals surface area contributed by atoms with E-state index in [4.69, 9.17) is 4.74 Å². The summed E-state index contributed by atoms with van der Waals surface area (Å²) in [5.41, 5.74) is 1.16. The van der Waals surface area contributed by atoms with Crippen LogP contribution < -0.4 is 10.2 Å². The molecule has 1 heterocycles. The lowest BCUT2D eigenvalue weighted by atomic mass is 10.0. The van der Waals surface area contributed by atoms with E-state index >= 15 is 0 Å². The Labute approximate surface area is 150 Å². The van der Waals surface area contributed by atoms with Crippen molar-refractivity contribution in [1.29, 1.82) is 0 Å². The molecule has 0 bridgehead atoms. The number of ether oxygens (including phenoxy) is 1. The van der Waals surface area contributed by atoms with Crippen LogP contribution in [0.4, 0.5) is 10.5 Å². The SMILES string of the molecule is CN(C)c1cccc(C(=O)NC2CCN(C(=O)OC(C)(C)C)CC2)c1. The molecule has 1 aliphatic rings. The number of piperidine rings is 1. The first-order chi connectivity index (χ1) is 11.7. The molecule has 0 radical (unpaired) electrons. The van der Waals surface area contributed by atoms with Gasteiger partial charge in [0.25, 0.3) is 5.91 Å². The largest absolute Gasteiger partial charge is 0.444 e. The van der Waals surface area contributed by atoms with E-state index in [9.17, 15) is 9.59 Å². The van der Waals surface area contributed by atoms with Crippen molar-refractivity contribution < 1.29 is 14.3 Å². The van der Waals surface area contributed by atoms with Gasteiger partial charge in [0.2, 0.25) is 0 Å². The Balaban J connectivity index is 1.86. The van der Waals surface area contributed by atoms with Gasteiger partial charge in [0, 0.05) is 44.5 Å². The Morgan fingerprint density at radius 3 is 2.40 bits per heavy atom. The van der Waals surface area contributed by atoms with E-state index in [1.807, 2.05) is 64.0 Å². The normalized spacial score (nSPS) is 15.6. The van der Waals surface area contributed by atoms with Crippen LogP contribution in [0.5, 0.6) is 0 Å². The lowest BCUT2D eigenvalue weighted by Crippen LogP contribution is -2.47. The van der Waals surface area contributed by atoms with Gasteiger partial charge in [-0.25, -0.2) is 4.79 Å². The zero-order valence-electron chi connectivity index (χ0n) is 15.8. The minimum atomic E-state index is -0.487. The number of carbonyl (C=O) groups excluding carboxylic acids is 2. The molecule has 25 heavy (non-hydrogen) atoms. The van der Waals surface area contributed by atoms with E-state index in [2.05, 4.69) is 5.32 Å². The number of nitrogens with one attached hydrogen (secondary N) is 1. The molecule has 1 aromatic carbocycles. The number of hydrogen-bond acceptors (Lipinski definition) is 4. The molecule has 0 aliphatic carbocycles. The first kappa shape index (κ1) is 19.1. The average Bonchev–Trinajstić information content (AvgIpc) is 2.54. The number of benzene rings is 1. The van der Waals surface area contributed by atoms with E-state index in [0.29, 0.717) is 18.7 Å². The molecule has 2 amide bonds. The first-order valence-corrected chi connectivity index (χ1v) is 8.72. The van der Waals surface area contributed by atoms with Gasteiger partial charge in [-0.1, -0.05) is 6.07 Å². The second-order valence-corrected chi connectivity index (χ2v) is 7.66. The number of amides is 2. The predicted octanol–water partition coefficient (Wildman–Crippen LogP) is 2.88. The van der Waals surface area contributed by atoms with Crippen LogP contribution in [0.1, 0.15) is 44.0 Å². The Hall–Kier alpha value is -2.24. The van der Waals surface area contributed by atoms with E-state index in [1.54, 1.807) is 4.90 Å². The Bertz CT molecular complexity index is 615. The van der Waals surface area contributed by atoms with Crippen LogP contribution in [0.3, 0.4) is 0 Å². The van der Waals surface area contributed by atoms with Crippen LogP contribution in [0.25, 0.3) is 0 Å². The fourth-order valence-corrected chi connectivity index (χ4v) is 2.73. The maximum absolute atomic E-state index is 12.5. The molecule has 0 spiro atoms. The number of likely N-dealkylation sites (tertiary alicyclic amines) is 1. The predicted molar refractivity (Wildman–Crippen MR) is 99.1 cm³/mol. The molecule has 6 heteroatoms. The minimum absolute atomic E-state index is 0.0700. The van der Waals surface area contributed by atoms with Gasteiger partial charge in [-0.2, -0.15) is 0 Å². The molecule has 0 saturated carbocycles. The van der Waals surface area contributed by atoms with Crippen molar-refractivity contribution in [2.45, 2.75) is 45.3 Å². The summed E-state index contributed by atoms with van der Waals surface area (Å²) in [6.07, 6.45) is 1.19. The van der Waals surface area contributed by atoms with Crippen LogP contribution in [-0.4, -0.2) is 55.7 Å². The third-order valence-corrected chi connectivity index (χ3v) is 4.11. The highest BCUT2D eigenvalue weighted by Crippen LogP contribution is 2.17. The number of anilines is 1. The topological polar surface area (TPSA) is 61.9 Å². The van der Waals surface area contributed by atoms with Crippen molar-refractivity contribution in [2.24, 2.45) is 0 Å². The average molecular weight is 347 g/mol. The lowest BCUT2D eigenvalue weighted by molar-refractivity contribution is 0.0199. The minimum Gasteiger partial charge on any atom is -0.444 e. The Morgan fingerprint density at radius 2 is 1.84 bits per heavy atom. The van der Waals surface area contributed by atoms with Crippen molar-refractivity contribution in [1.82, 2.24) is 10.2 Å². The van der Waals surface area contributed by atoms with Crippen molar-refractivity contribution in [2.75, 3.05) is 32.1 Å².